The van der Waals surface area contributed by atoms with E-state index in [1.807, 2.05) is 77.8 Å². The van der Waals surface area contributed by atoms with Gasteiger partial charge in [0, 0.05) is 25.0 Å². The third-order valence-corrected chi connectivity index (χ3v) is 5.45. The van der Waals surface area contributed by atoms with Gasteiger partial charge in [0.2, 0.25) is 5.95 Å². The van der Waals surface area contributed by atoms with E-state index in [9.17, 15) is 4.79 Å². The Morgan fingerprint density at radius 2 is 1.68 bits per heavy atom. The van der Waals surface area contributed by atoms with Crippen molar-refractivity contribution in [3.8, 4) is 22.8 Å². The maximum atomic E-state index is 13.3. The van der Waals surface area contributed by atoms with Crippen molar-refractivity contribution in [3.63, 3.8) is 0 Å². The molecule has 1 aliphatic heterocycles. The summed E-state index contributed by atoms with van der Waals surface area (Å²) in [6.45, 7) is 2.39. The zero-order valence-electron chi connectivity index (χ0n) is 18.7. The number of aromatic nitrogens is 4. The topological polar surface area (TPSA) is 94.4 Å². The van der Waals surface area contributed by atoms with Crippen LogP contribution < -0.4 is 15.0 Å². The van der Waals surface area contributed by atoms with Crippen LogP contribution in [0.1, 0.15) is 10.5 Å². The van der Waals surface area contributed by atoms with Crippen LogP contribution in [0.4, 0.5) is 11.6 Å². The number of amides is 1. The molecule has 2 aromatic heterocycles. The van der Waals surface area contributed by atoms with Crippen molar-refractivity contribution in [2.45, 2.75) is 0 Å². The maximum absolute atomic E-state index is 13.3. The molecular weight excluding hydrogens is 432 g/mol. The molecule has 0 unspecified atom stereocenters. The molecule has 0 bridgehead atoms. The molecule has 3 heterocycles. The van der Waals surface area contributed by atoms with Crippen molar-refractivity contribution in [2.24, 2.45) is 0 Å². The van der Waals surface area contributed by atoms with Crippen molar-refractivity contribution in [1.82, 2.24) is 19.7 Å². The predicted molar refractivity (Wildman–Crippen MR) is 129 cm³/mol. The van der Waals surface area contributed by atoms with Gasteiger partial charge in [-0.25, -0.2) is 14.6 Å². The summed E-state index contributed by atoms with van der Waals surface area (Å²) in [5.41, 5.74) is 2.75. The number of hydrogen-bond donors (Lipinski definition) is 1. The third kappa shape index (κ3) is 4.46. The fourth-order valence-electron chi connectivity index (χ4n) is 3.75. The monoisotopic (exact) mass is 456 g/mol. The minimum atomic E-state index is -0.385. The van der Waals surface area contributed by atoms with Gasteiger partial charge in [-0.15, -0.1) is 0 Å². The molecule has 1 aliphatic rings. The second-order valence-electron chi connectivity index (χ2n) is 7.65. The molecule has 2 aromatic carbocycles. The summed E-state index contributed by atoms with van der Waals surface area (Å²) < 4.78 is 12.9. The molecule has 1 amide bonds. The van der Waals surface area contributed by atoms with E-state index in [-0.39, 0.29) is 17.4 Å². The van der Waals surface area contributed by atoms with Gasteiger partial charge in [-0.3, -0.25) is 4.79 Å². The number of anilines is 2. The van der Waals surface area contributed by atoms with Gasteiger partial charge < -0.3 is 19.7 Å². The zero-order valence-corrected chi connectivity index (χ0v) is 18.7. The predicted octanol–water partition coefficient (Wildman–Crippen LogP) is 3.43. The second kappa shape index (κ2) is 9.72. The molecule has 1 N–H and O–H groups in total. The van der Waals surface area contributed by atoms with Gasteiger partial charge in [-0.2, -0.15) is 5.10 Å². The Kier molecular flexibility index (Phi) is 6.17. The summed E-state index contributed by atoms with van der Waals surface area (Å²) in [4.78, 5) is 24.7. The number of benzene rings is 2. The number of hydrogen-bond acceptors (Lipinski definition) is 7. The fourth-order valence-corrected chi connectivity index (χ4v) is 3.75. The Hall–Kier alpha value is -4.24. The maximum Gasteiger partial charge on any atom is 0.278 e. The average Bonchev–Trinajstić information content (AvgIpc) is 3.40. The van der Waals surface area contributed by atoms with Gasteiger partial charge >= 0.3 is 0 Å². The van der Waals surface area contributed by atoms with E-state index in [0.717, 1.165) is 5.69 Å². The highest BCUT2D eigenvalue weighted by molar-refractivity contribution is 6.06. The lowest BCUT2D eigenvalue weighted by Gasteiger charge is -2.27. The van der Waals surface area contributed by atoms with E-state index in [4.69, 9.17) is 19.6 Å². The molecule has 0 radical (unpaired) electrons. The standard InChI is InChI=1S/C25H24N6O3/c1-33-23-21(20-12-13-31(29-20)19-10-6-3-7-11-19)27-25(30-14-16-34-17-15-30)28-22(23)24(32)26-18-8-4-2-5-9-18/h2-13H,14-17H2,1H3,(H,26,32). The number of para-hydroxylation sites is 2. The molecule has 4 aromatic rings. The molecule has 172 valence electrons. The largest absolute Gasteiger partial charge is 0.492 e. The number of rotatable bonds is 6. The van der Waals surface area contributed by atoms with Gasteiger partial charge in [0.15, 0.2) is 11.4 Å². The molecule has 9 heteroatoms. The molecule has 1 fully saturated rings. The van der Waals surface area contributed by atoms with Crippen LogP contribution in [0.15, 0.2) is 72.9 Å². The number of carbonyl (C=O) groups is 1. The van der Waals surface area contributed by atoms with Gasteiger partial charge in [-0.05, 0) is 30.3 Å². The Morgan fingerprint density at radius 1 is 0.971 bits per heavy atom. The summed E-state index contributed by atoms with van der Waals surface area (Å²) in [5, 5.41) is 7.60. The highest BCUT2D eigenvalue weighted by Crippen LogP contribution is 2.32. The number of morpholine rings is 1. The van der Waals surface area contributed by atoms with Crippen molar-refractivity contribution in [3.05, 3.63) is 78.6 Å². The van der Waals surface area contributed by atoms with E-state index < -0.39 is 0 Å². The van der Waals surface area contributed by atoms with Crippen LogP contribution >= 0.6 is 0 Å². The second-order valence-corrected chi connectivity index (χ2v) is 7.65. The molecule has 0 atom stereocenters. The molecule has 0 aliphatic carbocycles. The van der Waals surface area contributed by atoms with E-state index in [1.54, 1.807) is 4.68 Å². The Bertz CT molecular complexity index is 1270. The lowest BCUT2D eigenvalue weighted by molar-refractivity contribution is 0.101. The molecule has 9 nitrogen and oxygen atoms in total. The number of methoxy groups -OCH3 is 1. The minimum absolute atomic E-state index is 0.145. The van der Waals surface area contributed by atoms with Gasteiger partial charge in [0.1, 0.15) is 11.4 Å². The first-order valence-corrected chi connectivity index (χ1v) is 11.0. The summed E-state index contributed by atoms with van der Waals surface area (Å²) in [6, 6.07) is 20.9. The van der Waals surface area contributed by atoms with Crippen molar-refractivity contribution in [1.29, 1.82) is 0 Å². The third-order valence-electron chi connectivity index (χ3n) is 5.45. The van der Waals surface area contributed by atoms with Crippen LogP contribution in [0.3, 0.4) is 0 Å². The van der Waals surface area contributed by atoms with E-state index >= 15 is 0 Å². The van der Waals surface area contributed by atoms with Gasteiger partial charge in [0.25, 0.3) is 5.91 Å². The number of ether oxygens (including phenoxy) is 2. The summed E-state index contributed by atoms with van der Waals surface area (Å²) in [7, 11) is 1.50. The summed E-state index contributed by atoms with van der Waals surface area (Å²) in [5.74, 6) is 0.319. The van der Waals surface area contributed by atoms with Crippen molar-refractivity contribution >= 4 is 17.5 Å². The quantitative estimate of drug-likeness (QED) is 0.475. The van der Waals surface area contributed by atoms with Crippen molar-refractivity contribution in [2.75, 3.05) is 43.6 Å². The number of carbonyl (C=O) groups excluding carboxylic acids is 1. The normalized spacial score (nSPS) is 13.5. The molecule has 1 saturated heterocycles. The molecule has 34 heavy (non-hydrogen) atoms. The van der Waals surface area contributed by atoms with Crippen LogP contribution in [0.2, 0.25) is 0 Å². The fraction of sp³-hybridized carbons (Fsp3) is 0.200. The molecule has 0 saturated carbocycles. The lowest BCUT2D eigenvalue weighted by Crippen LogP contribution is -2.37. The SMILES string of the molecule is COc1c(C(=O)Nc2ccccc2)nc(N2CCOCC2)nc1-c1ccn(-c2ccccc2)n1. The van der Waals surface area contributed by atoms with Gasteiger partial charge in [-0.1, -0.05) is 36.4 Å². The first kappa shape index (κ1) is 21.6. The van der Waals surface area contributed by atoms with Crippen LogP contribution in [-0.4, -0.2) is 59.1 Å². The average molecular weight is 457 g/mol. The van der Waals surface area contributed by atoms with E-state index in [2.05, 4.69) is 10.3 Å². The smallest absolute Gasteiger partial charge is 0.278 e. The first-order valence-electron chi connectivity index (χ1n) is 11.0. The Balaban J connectivity index is 1.59. The van der Waals surface area contributed by atoms with Crippen LogP contribution in [0.5, 0.6) is 5.75 Å². The van der Waals surface area contributed by atoms with Crippen molar-refractivity contribution < 1.29 is 14.3 Å². The Morgan fingerprint density at radius 3 is 2.38 bits per heavy atom. The highest BCUT2D eigenvalue weighted by atomic mass is 16.5. The van der Waals surface area contributed by atoms with E-state index in [1.165, 1.54) is 7.11 Å². The molecular formula is C25H24N6O3. The van der Waals surface area contributed by atoms with E-state index in [0.29, 0.717) is 49.3 Å². The minimum Gasteiger partial charge on any atom is -0.492 e. The Labute approximate surface area is 197 Å². The summed E-state index contributed by atoms with van der Waals surface area (Å²) >= 11 is 0. The molecule has 5 rings (SSSR count). The number of nitrogens with one attached hydrogen (secondary N) is 1. The van der Waals surface area contributed by atoms with Crippen LogP contribution in [0, 0.1) is 0 Å². The zero-order chi connectivity index (χ0) is 23.3. The summed E-state index contributed by atoms with van der Waals surface area (Å²) in [6.07, 6.45) is 1.85. The van der Waals surface area contributed by atoms with Crippen LogP contribution in [-0.2, 0) is 4.74 Å². The highest BCUT2D eigenvalue weighted by Gasteiger charge is 2.26. The van der Waals surface area contributed by atoms with Crippen LogP contribution in [0.25, 0.3) is 17.1 Å². The van der Waals surface area contributed by atoms with Gasteiger partial charge in [0.05, 0.1) is 26.0 Å². The lowest BCUT2D eigenvalue weighted by atomic mass is 10.2. The number of nitrogens with zero attached hydrogens (tertiary/aromatic N) is 5. The molecule has 0 spiro atoms. The first-order chi connectivity index (χ1) is 16.7.